The SMILES string of the molecule is CCn1c(-c2ccc(-n3cnn(C)c3=O)cc2)cc2cc(C(F)(F)F)cc(C(=O)Nc3ccc(F)c(C(=O)N4CC(C5CCN(CCc6ccc7c(c6)n(C)c(=O)n7C6CCC(=O)NC6=O)CC5)C4)c3)c21. The van der Waals surface area contributed by atoms with E-state index in [0.29, 0.717) is 47.0 Å². The summed E-state index contributed by atoms with van der Waals surface area (Å²) in [5.74, 6) is -2.42. The first kappa shape index (κ1) is 47.1. The minimum Gasteiger partial charge on any atom is -0.340 e. The van der Waals surface area contributed by atoms with E-state index in [-0.39, 0.29) is 70.3 Å². The van der Waals surface area contributed by atoms with Crippen molar-refractivity contribution in [1.29, 1.82) is 0 Å². The number of alkyl halides is 3. The maximum Gasteiger partial charge on any atom is 0.416 e. The molecule has 4 amide bonds. The number of likely N-dealkylation sites (tertiary alicyclic amines) is 2. The van der Waals surface area contributed by atoms with E-state index in [9.17, 15) is 41.9 Å². The number of benzene rings is 4. The molecule has 0 aliphatic carbocycles. The second-order valence-corrected chi connectivity index (χ2v) is 18.7. The van der Waals surface area contributed by atoms with Crippen molar-refractivity contribution in [2.75, 3.05) is 38.0 Å². The first-order valence-electron chi connectivity index (χ1n) is 23.6. The van der Waals surface area contributed by atoms with Gasteiger partial charge in [-0.3, -0.25) is 33.6 Å². The van der Waals surface area contributed by atoms with Gasteiger partial charge in [-0.05, 0) is 129 Å². The highest BCUT2D eigenvalue weighted by atomic mass is 19.4. The number of aryl methyl sites for hydroxylation is 3. The number of amides is 4. The molecule has 20 heteroatoms. The van der Waals surface area contributed by atoms with Crippen LogP contribution in [0.25, 0.3) is 38.9 Å². The Hall–Kier alpha value is -7.61. The third-order valence-corrected chi connectivity index (χ3v) is 14.5. The lowest BCUT2D eigenvalue weighted by molar-refractivity contribution is -0.138. The highest BCUT2D eigenvalue weighted by Crippen LogP contribution is 2.38. The zero-order valence-electron chi connectivity index (χ0n) is 39.1. The van der Waals surface area contributed by atoms with E-state index in [0.717, 1.165) is 62.7 Å². The Labute approximate surface area is 403 Å². The van der Waals surface area contributed by atoms with E-state index in [1.165, 1.54) is 43.9 Å². The number of rotatable bonds is 11. The molecule has 368 valence electrons. The van der Waals surface area contributed by atoms with Crippen molar-refractivity contribution in [2.24, 2.45) is 25.9 Å². The van der Waals surface area contributed by atoms with E-state index in [1.807, 2.05) is 18.2 Å². The van der Waals surface area contributed by atoms with Gasteiger partial charge in [0, 0.05) is 63.5 Å². The fourth-order valence-electron chi connectivity index (χ4n) is 10.5. The summed E-state index contributed by atoms with van der Waals surface area (Å²) in [6, 6.07) is 18.8. The van der Waals surface area contributed by atoms with Gasteiger partial charge in [0.15, 0.2) is 0 Å². The average Bonchev–Trinajstić information content (AvgIpc) is 3.97. The number of anilines is 1. The number of nitrogens with zero attached hydrogens (tertiary/aromatic N) is 8. The second kappa shape index (κ2) is 18.3. The zero-order chi connectivity index (χ0) is 50.0. The van der Waals surface area contributed by atoms with Crippen molar-refractivity contribution >= 4 is 51.3 Å². The molecule has 3 fully saturated rings. The van der Waals surface area contributed by atoms with E-state index in [2.05, 4.69) is 20.6 Å². The molecular weight excluding hydrogens is 925 g/mol. The van der Waals surface area contributed by atoms with Gasteiger partial charge in [0.25, 0.3) is 11.8 Å². The molecule has 7 aromatic rings. The van der Waals surface area contributed by atoms with E-state index in [4.69, 9.17) is 0 Å². The number of hydrogen-bond donors (Lipinski definition) is 2. The van der Waals surface area contributed by atoms with Crippen LogP contribution in [0.15, 0.2) is 94.8 Å². The van der Waals surface area contributed by atoms with Crippen LogP contribution in [0.1, 0.15) is 70.5 Å². The highest BCUT2D eigenvalue weighted by molar-refractivity contribution is 6.13. The molecule has 1 atom stereocenters. The molecule has 2 N–H and O–H groups in total. The van der Waals surface area contributed by atoms with Crippen LogP contribution in [0.5, 0.6) is 0 Å². The van der Waals surface area contributed by atoms with Crippen LogP contribution in [0.4, 0.5) is 23.2 Å². The fourth-order valence-corrected chi connectivity index (χ4v) is 10.5. The third-order valence-electron chi connectivity index (χ3n) is 14.5. The highest BCUT2D eigenvalue weighted by Gasteiger charge is 2.39. The van der Waals surface area contributed by atoms with Gasteiger partial charge >= 0.3 is 17.6 Å². The Kier molecular flexibility index (Phi) is 12.1. The lowest BCUT2D eigenvalue weighted by Gasteiger charge is -2.46. The van der Waals surface area contributed by atoms with Crippen LogP contribution in [0.2, 0.25) is 0 Å². The van der Waals surface area contributed by atoms with Crippen molar-refractivity contribution < 1.29 is 36.7 Å². The van der Waals surface area contributed by atoms with E-state index in [1.54, 1.807) is 53.8 Å². The normalized spacial score (nSPS) is 17.3. The third kappa shape index (κ3) is 8.74. The molecule has 0 spiro atoms. The summed E-state index contributed by atoms with van der Waals surface area (Å²) in [7, 11) is 3.20. The van der Waals surface area contributed by atoms with Gasteiger partial charge in [0.1, 0.15) is 18.2 Å². The molecule has 3 aliphatic heterocycles. The number of carbonyl (C=O) groups excluding carboxylic acids is 4. The van der Waals surface area contributed by atoms with Crippen LogP contribution in [-0.4, -0.2) is 94.2 Å². The molecule has 0 saturated carbocycles. The van der Waals surface area contributed by atoms with Gasteiger partial charge in [-0.25, -0.2) is 23.2 Å². The molecule has 0 bridgehead atoms. The second-order valence-electron chi connectivity index (χ2n) is 18.7. The predicted molar refractivity (Wildman–Crippen MR) is 256 cm³/mol. The molecule has 3 aliphatic rings. The molecule has 3 aromatic heterocycles. The molecule has 4 aromatic carbocycles. The van der Waals surface area contributed by atoms with Crippen molar-refractivity contribution in [3.63, 3.8) is 0 Å². The van der Waals surface area contributed by atoms with Crippen LogP contribution >= 0.6 is 0 Å². The summed E-state index contributed by atoms with van der Waals surface area (Å²) in [6.07, 6.45) is -0.355. The number of hydrogen-bond acceptors (Lipinski definition) is 8. The van der Waals surface area contributed by atoms with Crippen molar-refractivity contribution in [2.45, 2.75) is 57.8 Å². The number of fused-ring (bicyclic) bond motifs is 2. The van der Waals surface area contributed by atoms with Crippen LogP contribution in [0, 0.1) is 17.7 Å². The first-order chi connectivity index (χ1) is 34.0. The predicted octanol–water partition coefficient (Wildman–Crippen LogP) is 6.28. The monoisotopic (exact) mass is 974 g/mol. The number of nitrogens with one attached hydrogen (secondary N) is 2. The number of carbonyl (C=O) groups is 4. The molecule has 1 unspecified atom stereocenters. The minimum atomic E-state index is -4.78. The van der Waals surface area contributed by atoms with Crippen molar-refractivity contribution in [3.8, 4) is 16.9 Å². The summed E-state index contributed by atoms with van der Waals surface area (Å²) < 4.78 is 65.6. The Morgan fingerprint density at radius 1 is 0.831 bits per heavy atom. The molecule has 16 nitrogen and oxygen atoms in total. The Balaban J connectivity index is 0.774. The van der Waals surface area contributed by atoms with Crippen LogP contribution in [0.3, 0.4) is 0 Å². The number of halogens is 4. The number of imidazole rings is 1. The topological polar surface area (TPSA) is 170 Å². The number of piperidine rings is 2. The standard InChI is InChI=1S/C51H50F4N10O6/c1-4-63-42(31-6-9-36(10-7-31)64-28-56-60(3)50(64)71)23-32-22-34(51(53,54)55)24-38(45(32)63)46(67)57-35-8-11-39(52)37(25-35)48(69)62-26-33(27-62)30-16-19-61(20-17-30)18-15-29-5-12-40-43(21-29)59(2)49(70)65(40)41-13-14-44(66)58-47(41)68/h5-12,21-25,28,30,33,41H,4,13-20,26-27H2,1-3H3,(H,57,67)(H,58,66,68). The fraction of sp³-hybridized carbons (Fsp3) is 0.353. The van der Waals surface area contributed by atoms with Crippen LogP contribution in [-0.2, 0) is 42.8 Å². The molecule has 0 radical (unpaired) electrons. The molecule has 10 rings (SSSR count). The summed E-state index contributed by atoms with van der Waals surface area (Å²) in [4.78, 5) is 81.7. The maximum absolute atomic E-state index is 15.4. The van der Waals surface area contributed by atoms with Gasteiger partial charge < -0.3 is 19.7 Å². The van der Waals surface area contributed by atoms with Gasteiger partial charge in [0.05, 0.1) is 38.9 Å². The van der Waals surface area contributed by atoms with E-state index >= 15 is 4.39 Å². The molecule has 71 heavy (non-hydrogen) atoms. The lowest BCUT2D eigenvalue weighted by atomic mass is 9.79. The van der Waals surface area contributed by atoms with Crippen molar-refractivity contribution in [3.05, 3.63) is 134 Å². The summed E-state index contributed by atoms with van der Waals surface area (Å²) >= 11 is 0. The Bertz CT molecular complexity index is 3410. The Morgan fingerprint density at radius 3 is 2.25 bits per heavy atom. The molecular formula is C51H50F4N10O6. The van der Waals surface area contributed by atoms with Gasteiger partial charge in [-0.15, -0.1) is 0 Å². The van der Waals surface area contributed by atoms with Crippen molar-refractivity contribution in [1.82, 2.24) is 43.2 Å². The quantitative estimate of drug-likeness (QED) is 0.113. The number of aromatic nitrogens is 6. The van der Waals surface area contributed by atoms with Gasteiger partial charge in [-0.1, -0.05) is 18.2 Å². The Morgan fingerprint density at radius 2 is 1.58 bits per heavy atom. The van der Waals surface area contributed by atoms with E-state index < -0.39 is 41.3 Å². The summed E-state index contributed by atoms with van der Waals surface area (Å²) in [5.41, 5.74) is 2.20. The average molecular weight is 975 g/mol. The summed E-state index contributed by atoms with van der Waals surface area (Å²) in [6.45, 7) is 5.52. The largest absolute Gasteiger partial charge is 0.416 e. The van der Waals surface area contributed by atoms with Gasteiger partial charge in [0.2, 0.25) is 11.8 Å². The smallest absolute Gasteiger partial charge is 0.340 e. The van der Waals surface area contributed by atoms with Gasteiger partial charge in [-0.2, -0.15) is 18.3 Å². The summed E-state index contributed by atoms with van der Waals surface area (Å²) in [5, 5.41) is 9.12. The molecule has 6 heterocycles. The number of imide groups is 1. The molecule has 3 saturated heterocycles. The lowest BCUT2D eigenvalue weighted by Crippen LogP contribution is -2.54. The zero-order valence-corrected chi connectivity index (χ0v) is 39.1. The van der Waals surface area contributed by atoms with Crippen LogP contribution < -0.4 is 22.0 Å². The maximum atomic E-state index is 15.4. The minimum absolute atomic E-state index is 0.0421. The first-order valence-corrected chi connectivity index (χ1v) is 23.6.